The molecule has 0 saturated heterocycles. The molecule has 3 aliphatic rings. The lowest BCUT2D eigenvalue weighted by Gasteiger charge is -2.46. The zero-order valence-electron chi connectivity index (χ0n) is 15.6. The third-order valence-corrected chi connectivity index (χ3v) is 7.32. The van der Waals surface area contributed by atoms with E-state index >= 15 is 0 Å². The van der Waals surface area contributed by atoms with Crippen molar-refractivity contribution in [2.45, 2.75) is 57.7 Å². The second kappa shape index (κ2) is 6.14. The van der Waals surface area contributed by atoms with E-state index in [1.54, 1.807) is 0 Å². The van der Waals surface area contributed by atoms with Crippen LogP contribution in [0.4, 0.5) is 13.2 Å². The molecule has 3 fully saturated rings. The number of halogens is 3. The van der Waals surface area contributed by atoms with Crippen molar-refractivity contribution in [2.75, 3.05) is 0 Å². The highest BCUT2D eigenvalue weighted by molar-refractivity contribution is 5.88. The van der Waals surface area contributed by atoms with E-state index < -0.39 is 23.3 Å². The van der Waals surface area contributed by atoms with Crippen LogP contribution in [0.3, 0.4) is 0 Å². The molecule has 5 atom stereocenters. The zero-order chi connectivity index (χ0) is 19.6. The molecule has 0 radical (unpaired) electrons. The molecule has 2 bridgehead atoms. The van der Waals surface area contributed by atoms with Gasteiger partial charge < -0.3 is 9.84 Å². The van der Waals surface area contributed by atoms with Gasteiger partial charge in [0, 0.05) is 5.92 Å². The first-order valence-corrected chi connectivity index (χ1v) is 9.77. The van der Waals surface area contributed by atoms with Crippen molar-refractivity contribution < 1.29 is 27.8 Å². The molecule has 0 amide bonds. The fourth-order valence-electron chi connectivity index (χ4n) is 6.21. The van der Waals surface area contributed by atoms with Crippen molar-refractivity contribution >= 4 is 5.97 Å². The zero-order valence-corrected chi connectivity index (χ0v) is 15.6. The van der Waals surface area contributed by atoms with Crippen LogP contribution in [0.25, 0.3) is 0 Å². The molecule has 0 aromatic heterocycles. The van der Waals surface area contributed by atoms with Gasteiger partial charge in [-0.1, -0.05) is 20.3 Å². The molecule has 0 aliphatic heterocycles. The molecule has 1 aromatic rings. The van der Waals surface area contributed by atoms with E-state index in [4.69, 9.17) is 4.74 Å². The van der Waals surface area contributed by atoms with Crippen LogP contribution >= 0.6 is 0 Å². The number of carboxylic acids is 1. The van der Waals surface area contributed by atoms with Crippen LogP contribution in [-0.4, -0.2) is 16.7 Å². The fourth-order valence-corrected chi connectivity index (χ4v) is 6.21. The molecule has 0 heterocycles. The topological polar surface area (TPSA) is 46.5 Å². The third kappa shape index (κ3) is 2.83. The Balaban J connectivity index is 1.75. The van der Waals surface area contributed by atoms with E-state index in [1.165, 1.54) is 12.8 Å². The molecule has 1 aromatic carbocycles. The smallest absolute Gasteiger partial charge is 0.419 e. The van der Waals surface area contributed by atoms with Crippen LogP contribution in [0.5, 0.6) is 5.75 Å². The second-order valence-electron chi connectivity index (χ2n) is 8.79. The molecule has 1 N–H and O–H groups in total. The summed E-state index contributed by atoms with van der Waals surface area (Å²) < 4.78 is 46.9. The van der Waals surface area contributed by atoms with Gasteiger partial charge in [0.2, 0.25) is 0 Å². The Bertz CT molecular complexity index is 758. The van der Waals surface area contributed by atoms with E-state index in [0.717, 1.165) is 37.5 Å². The average Bonchev–Trinajstić information content (AvgIpc) is 3.25. The van der Waals surface area contributed by atoms with Gasteiger partial charge in [-0.25, -0.2) is 4.79 Å². The maximum absolute atomic E-state index is 13.6. The molecular weight excluding hydrogens is 357 g/mol. The molecule has 6 heteroatoms. The van der Waals surface area contributed by atoms with Crippen LogP contribution < -0.4 is 4.74 Å². The highest BCUT2D eigenvalue weighted by Crippen LogP contribution is 2.65. The molecule has 148 valence electrons. The lowest BCUT2D eigenvalue weighted by molar-refractivity contribution is -0.142. The number of aromatic carboxylic acids is 1. The normalized spacial score (nSPS) is 34.9. The quantitative estimate of drug-likeness (QED) is 0.734. The summed E-state index contributed by atoms with van der Waals surface area (Å²) in [6.45, 7) is 4.03. The molecule has 3 saturated carbocycles. The maximum Gasteiger partial charge on any atom is 0.419 e. The van der Waals surface area contributed by atoms with Gasteiger partial charge in [0.15, 0.2) is 0 Å². The van der Waals surface area contributed by atoms with Crippen LogP contribution in [-0.2, 0) is 6.18 Å². The maximum atomic E-state index is 13.6. The Morgan fingerprint density at radius 1 is 1.26 bits per heavy atom. The standard InChI is InChI=1S/C21H25F3O3/c1-11(2)20(10-13-8-17(20)15-5-3-4-14(13)15)27-18-9-12(19(25)26)6-7-16(18)21(22,23)24/h6-7,9,11,13-15,17H,3-5,8,10H2,1-2H3,(H,25,26). The van der Waals surface area contributed by atoms with Crippen molar-refractivity contribution in [3.05, 3.63) is 29.3 Å². The molecule has 3 aliphatic carbocycles. The first-order chi connectivity index (χ1) is 12.6. The average molecular weight is 382 g/mol. The minimum Gasteiger partial charge on any atom is -0.486 e. The third-order valence-electron chi connectivity index (χ3n) is 7.32. The molecule has 5 unspecified atom stereocenters. The predicted octanol–water partition coefficient (Wildman–Crippen LogP) is 5.63. The first kappa shape index (κ1) is 18.6. The summed E-state index contributed by atoms with van der Waals surface area (Å²) >= 11 is 0. The van der Waals surface area contributed by atoms with Crippen LogP contribution in [0.1, 0.15) is 61.9 Å². The Morgan fingerprint density at radius 2 is 1.96 bits per heavy atom. The fraction of sp³-hybridized carbons (Fsp3) is 0.667. The number of hydrogen-bond acceptors (Lipinski definition) is 2. The van der Waals surface area contributed by atoms with Gasteiger partial charge in [-0.3, -0.25) is 0 Å². The number of benzene rings is 1. The van der Waals surface area contributed by atoms with Crippen LogP contribution in [0, 0.1) is 29.6 Å². The van der Waals surface area contributed by atoms with Gasteiger partial charge in [-0.15, -0.1) is 0 Å². The molecular formula is C21H25F3O3. The van der Waals surface area contributed by atoms with E-state index in [2.05, 4.69) is 0 Å². The number of carboxylic acid groups (broad SMARTS) is 1. The first-order valence-electron chi connectivity index (χ1n) is 9.77. The lowest BCUT2D eigenvalue weighted by Crippen LogP contribution is -2.50. The van der Waals surface area contributed by atoms with Crippen molar-refractivity contribution in [2.24, 2.45) is 29.6 Å². The van der Waals surface area contributed by atoms with E-state index in [1.807, 2.05) is 13.8 Å². The summed E-state index contributed by atoms with van der Waals surface area (Å²) in [7, 11) is 0. The summed E-state index contributed by atoms with van der Waals surface area (Å²) in [5, 5.41) is 9.23. The number of rotatable bonds is 4. The van der Waals surface area contributed by atoms with Gasteiger partial charge in [0.05, 0.1) is 11.1 Å². The Morgan fingerprint density at radius 3 is 2.59 bits per heavy atom. The summed E-state index contributed by atoms with van der Waals surface area (Å²) in [6, 6.07) is 2.87. The van der Waals surface area contributed by atoms with Gasteiger partial charge in [-0.2, -0.15) is 13.2 Å². The minimum absolute atomic E-state index is 0.0589. The SMILES string of the molecule is CC(C)C1(Oc2cc(C(=O)O)ccc2C(F)(F)F)CC2CC1C1CCCC21. The number of ether oxygens (including phenoxy) is 1. The Hall–Kier alpha value is -1.72. The van der Waals surface area contributed by atoms with Gasteiger partial charge >= 0.3 is 12.1 Å². The van der Waals surface area contributed by atoms with Crippen molar-refractivity contribution in [1.82, 2.24) is 0 Å². The summed E-state index contributed by atoms with van der Waals surface area (Å²) in [4.78, 5) is 11.3. The van der Waals surface area contributed by atoms with Gasteiger partial charge in [0.25, 0.3) is 0 Å². The van der Waals surface area contributed by atoms with Crippen LogP contribution in [0.2, 0.25) is 0 Å². The Kier molecular flexibility index (Phi) is 4.24. The van der Waals surface area contributed by atoms with Crippen molar-refractivity contribution in [3.63, 3.8) is 0 Å². The highest BCUT2D eigenvalue weighted by Gasteiger charge is 2.63. The second-order valence-corrected chi connectivity index (χ2v) is 8.79. The van der Waals surface area contributed by atoms with Gasteiger partial charge in [-0.05, 0) is 67.6 Å². The largest absolute Gasteiger partial charge is 0.486 e. The highest BCUT2D eigenvalue weighted by atomic mass is 19.4. The molecule has 27 heavy (non-hydrogen) atoms. The van der Waals surface area contributed by atoms with E-state index in [9.17, 15) is 23.1 Å². The van der Waals surface area contributed by atoms with Crippen LogP contribution in [0.15, 0.2) is 18.2 Å². The molecule has 3 nitrogen and oxygen atoms in total. The summed E-state index contributed by atoms with van der Waals surface area (Å²) in [5.74, 6) is 0.463. The van der Waals surface area contributed by atoms with Crippen molar-refractivity contribution in [1.29, 1.82) is 0 Å². The van der Waals surface area contributed by atoms with Crippen molar-refractivity contribution in [3.8, 4) is 5.75 Å². The summed E-state index contributed by atoms with van der Waals surface area (Å²) in [6.07, 6.45) is 0.753. The number of carbonyl (C=O) groups is 1. The van der Waals surface area contributed by atoms with E-state index in [-0.39, 0.29) is 23.1 Å². The Labute approximate surface area is 156 Å². The predicted molar refractivity (Wildman–Crippen MR) is 93.6 cm³/mol. The summed E-state index contributed by atoms with van der Waals surface area (Å²) in [5.41, 5.74) is -1.72. The monoisotopic (exact) mass is 382 g/mol. The number of hydrogen-bond donors (Lipinski definition) is 1. The molecule has 4 rings (SSSR count). The van der Waals surface area contributed by atoms with E-state index in [0.29, 0.717) is 17.8 Å². The van der Waals surface area contributed by atoms with Gasteiger partial charge in [0.1, 0.15) is 11.4 Å². The number of fused-ring (bicyclic) bond motifs is 5. The lowest BCUT2D eigenvalue weighted by atomic mass is 9.68. The number of alkyl halides is 3. The minimum atomic E-state index is -4.59. The molecule has 0 spiro atoms.